The standard InChI is InChI=1S/C14H19BrN4/c1-13(2)10(14(13,3)4)8-16-12-17-11-9(15)6-5-7-19(11)18-12/h5-7,10H,8H2,1-4H3,(H,16,18). The summed E-state index contributed by atoms with van der Waals surface area (Å²) in [6.07, 6.45) is 1.91. The average molecular weight is 323 g/mol. The summed E-state index contributed by atoms with van der Waals surface area (Å²) in [5, 5.41) is 7.80. The molecule has 2 aromatic rings. The zero-order valence-corrected chi connectivity index (χ0v) is 13.3. The molecule has 0 bridgehead atoms. The van der Waals surface area contributed by atoms with Crippen LogP contribution in [0, 0.1) is 16.7 Å². The van der Waals surface area contributed by atoms with Gasteiger partial charge < -0.3 is 5.32 Å². The van der Waals surface area contributed by atoms with Gasteiger partial charge in [-0.1, -0.05) is 27.7 Å². The Labute approximate surface area is 121 Å². The van der Waals surface area contributed by atoms with Gasteiger partial charge in [0.1, 0.15) is 0 Å². The molecule has 0 amide bonds. The Hall–Kier alpha value is -1.10. The lowest BCUT2D eigenvalue weighted by molar-refractivity contribution is 0.457. The van der Waals surface area contributed by atoms with Crippen LogP contribution >= 0.6 is 15.9 Å². The summed E-state index contributed by atoms with van der Waals surface area (Å²) in [4.78, 5) is 4.50. The van der Waals surface area contributed by atoms with E-state index < -0.39 is 0 Å². The van der Waals surface area contributed by atoms with E-state index in [0.29, 0.717) is 22.7 Å². The lowest BCUT2D eigenvalue weighted by Gasteiger charge is -2.04. The van der Waals surface area contributed by atoms with Gasteiger partial charge in [0.15, 0.2) is 5.65 Å². The van der Waals surface area contributed by atoms with E-state index in [1.165, 1.54) is 0 Å². The van der Waals surface area contributed by atoms with E-state index in [0.717, 1.165) is 16.7 Å². The van der Waals surface area contributed by atoms with Gasteiger partial charge in [-0.15, -0.1) is 5.10 Å². The van der Waals surface area contributed by atoms with Crippen LogP contribution in [0.5, 0.6) is 0 Å². The second kappa shape index (κ2) is 3.95. The van der Waals surface area contributed by atoms with Crippen molar-refractivity contribution in [2.24, 2.45) is 16.7 Å². The minimum atomic E-state index is 0.389. The van der Waals surface area contributed by atoms with Crippen molar-refractivity contribution in [1.29, 1.82) is 0 Å². The molecule has 0 aromatic carbocycles. The molecule has 1 fully saturated rings. The first-order valence-corrected chi connectivity index (χ1v) is 7.38. The number of hydrogen-bond acceptors (Lipinski definition) is 3. The molecule has 1 aliphatic carbocycles. The van der Waals surface area contributed by atoms with Gasteiger partial charge in [0.25, 0.3) is 0 Å². The molecule has 0 aliphatic heterocycles. The van der Waals surface area contributed by atoms with Crippen LogP contribution in [0.25, 0.3) is 5.65 Å². The highest BCUT2D eigenvalue weighted by Crippen LogP contribution is 2.68. The molecule has 2 heterocycles. The highest BCUT2D eigenvalue weighted by molar-refractivity contribution is 9.10. The smallest absolute Gasteiger partial charge is 0.243 e. The van der Waals surface area contributed by atoms with Crippen molar-refractivity contribution < 1.29 is 0 Å². The maximum atomic E-state index is 4.50. The van der Waals surface area contributed by atoms with Gasteiger partial charge in [0, 0.05) is 12.7 Å². The van der Waals surface area contributed by atoms with Crippen molar-refractivity contribution >= 4 is 27.5 Å². The third kappa shape index (κ3) is 1.86. The lowest BCUT2D eigenvalue weighted by atomic mass is 10.0. The minimum absolute atomic E-state index is 0.389. The Morgan fingerprint density at radius 1 is 1.32 bits per heavy atom. The van der Waals surface area contributed by atoms with Gasteiger partial charge in [-0.3, -0.25) is 0 Å². The Morgan fingerprint density at radius 2 is 2.00 bits per heavy atom. The first-order valence-electron chi connectivity index (χ1n) is 6.59. The first-order chi connectivity index (χ1) is 8.84. The zero-order chi connectivity index (χ0) is 13.8. The quantitative estimate of drug-likeness (QED) is 0.939. The van der Waals surface area contributed by atoms with Gasteiger partial charge in [-0.05, 0) is 44.8 Å². The van der Waals surface area contributed by atoms with Crippen LogP contribution in [0.4, 0.5) is 5.95 Å². The molecule has 3 rings (SSSR count). The molecule has 5 heteroatoms. The molecule has 0 spiro atoms. The number of nitrogens with one attached hydrogen (secondary N) is 1. The molecule has 2 aromatic heterocycles. The molecular weight excluding hydrogens is 304 g/mol. The van der Waals surface area contributed by atoms with Crippen molar-refractivity contribution in [1.82, 2.24) is 14.6 Å². The van der Waals surface area contributed by atoms with Gasteiger partial charge in [0.05, 0.1) is 4.47 Å². The topological polar surface area (TPSA) is 42.2 Å². The Morgan fingerprint density at radius 3 is 2.58 bits per heavy atom. The number of aromatic nitrogens is 3. The number of halogens is 1. The predicted molar refractivity (Wildman–Crippen MR) is 80.2 cm³/mol. The van der Waals surface area contributed by atoms with Crippen LogP contribution in [0.2, 0.25) is 0 Å². The van der Waals surface area contributed by atoms with Crippen LogP contribution < -0.4 is 5.32 Å². The van der Waals surface area contributed by atoms with E-state index in [1.54, 1.807) is 4.52 Å². The fourth-order valence-corrected chi connectivity index (χ4v) is 3.41. The fourth-order valence-electron chi connectivity index (χ4n) is 2.99. The summed E-state index contributed by atoms with van der Waals surface area (Å²) in [7, 11) is 0. The normalized spacial score (nSPS) is 20.7. The molecule has 1 saturated carbocycles. The Kier molecular flexibility index (Phi) is 2.68. The molecule has 19 heavy (non-hydrogen) atoms. The van der Waals surface area contributed by atoms with Gasteiger partial charge in [0.2, 0.25) is 5.95 Å². The number of fused-ring (bicyclic) bond motifs is 1. The monoisotopic (exact) mass is 322 g/mol. The van der Waals surface area contributed by atoms with Crippen LogP contribution in [-0.2, 0) is 0 Å². The van der Waals surface area contributed by atoms with Crippen molar-refractivity contribution in [2.45, 2.75) is 27.7 Å². The van der Waals surface area contributed by atoms with Crippen molar-refractivity contribution in [2.75, 3.05) is 11.9 Å². The van der Waals surface area contributed by atoms with E-state index >= 15 is 0 Å². The van der Waals surface area contributed by atoms with Crippen LogP contribution in [-0.4, -0.2) is 21.1 Å². The molecular formula is C14H19BrN4. The summed E-state index contributed by atoms with van der Waals surface area (Å²) >= 11 is 3.49. The second-order valence-electron chi connectivity index (χ2n) is 6.44. The van der Waals surface area contributed by atoms with Crippen LogP contribution in [0.3, 0.4) is 0 Å². The SMILES string of the molecule is CC1(C)C(CNc2nc3c(Br)cccn3n2)C1(C)C. The second-order valence-corrected chi connectivity index (χ2v) is 7.29. The highest BCUT2D eigenvalue weighted by Gasteiger charge is 2.64. The zero-order valence-electron chi connectivity index (χ0n) is 11.7. The average Bonchev–Trinajstić information content (AvgIpc) is 2.66. The van der Waals surface area contributed by atoms with Crippen molar-refractivity contribution in [3.63, 3.8) is 0 Å². The van der Waals surface area contributed by atoms with Crippen molar-refractivity contribution in [3.05, 3.63) is 22.8 Å². The van der Waals surface area contributed by atoms with Crippen LogP contribution in [0.1, 0.15) is 27.7 Å². The maximum Gasteiger partial charge on any atom is 0.243 e. The number of anilines is 1. The summed E-state index contributed by atoms with van der Waals surface area (Å²) in [6.45, 7) is 10.2. The Bertz CT molecular complexity index is 615. The molecule has 0 atom stereocenters. The van der Waals surface area contributed by atoms with Gasteiger partial charge >= 0.3 is 0 Å². The molecule has 102 valence electrons. The van der Waals surface area contributed by atoms with E-state index in [2.05, 4.69) is 59.0 Å². The summed E-state index contributed by atoms with van der Waals surface area (Å²) < 4.78 is 2.75. The Balaban J connectivity index is 1.75. The third-order valence-corrected chi connectivity index (χ3v) is 5.72. The summed E-state index contributed by atoms with van der Waals surface area (Å²) in [6, 6.07) is 3.92. The molecule has 1 aliphatic rings. The largest absolute Gasteiger partial charge is 0.353 e. The minimum Gasteiger partial charge on any atom is -0.353 e. The number of hydrogen-bond donors (Lipinski definition) is 1. The van der Waals surface area contributed by atoms with E-state index in [4.69, 9.17) is 0 Å². The van der Waals surface area contributed by atoms with Crippen molar-refractivity contribution in [3.8, 4) is 0 Å². The van der Waals surface area contributed by atoms with Gasteiger partial charge in [-0.2, -0.15) is 4.98 Å². The fraction of sp³-hybridized carbons (Fsp3) is 0.571. The maximum absolute atomic E-state index is 4.50. The molecule has 0 saturated heterocycles. The predicted octanol–water partition coefficient (Wildman–Crippen LogP) is 3.59. The van der Waals surface area contributed by atoms with E-state index in [9.17, 15) is 0 Å². The van der Waals surface area contributed by atoms with E-state index in [-0.39, 0.29) is 0 Å². The molecule has 4 nitrogen and oxygen atoms in total. The first kappa shape index (κ1) is 12.9. The molecule has 1 N–H and O–H groups in total. The van der Waals surface area contributed by atoms with Crippen LogP contribution in [0.15, 0.2) is 22.8 Å². The van der Waals surface area contributed by atoms with E-state index in [1.807, 2.05) is 18.3 Å². The summed E-state index contributed by atoms with van der Waals surface area (Å²) in [5.41, 5.74) is 1.62. The molecule has 0 unspecified atom stereocenters. The highest BCUT2D eigenvalue weighted by atomic mass is 79.9. The number of rotatable bonds is 3. The summed E-state index contributed by atoms with van der Waals surface area (Å²) in [5.74, 6) is 1.36. The molecule has 0 radical (unpaired) electrons. The number of pyridine rings is 1. The van der Waals surface area contributed by atoms with Gasteiger partial charge in [-0.25, -0.2) is 4.52 Å². The number of nitrogens with zero attached hydrogens (tertiary/aromatic N) is 3. The lowest BCUT2D eigenvalue weighted by Crippen LogP contribution is -2.09. The third-order valence-electron chi connectivity index (χ3n) is 5.10.